The van der Waals surface area contributed by atoms with Gasteiger partial charge in [-0.3, -0.25) is 4.79 Å². The zero-order chi connectivity index (χ0) is 12.8. The topological polar surface area (TPSA) is 77.2 Å². The first kappa shape index (κ1) is 13.0. The van der Waals surface area contributed by atoms with Crippen molar-refractivity contribution in [3.8, 4) is 0 Å². The Bertz CT molecular complexity index is 386. The Kier molecular flexibility index (Phi) is 4.69. The fourth-order valence-corrected chi connectivity index (χ4v) is 1.96. The second-order valence-electron chi connectivity index (χ2n) is 4.53. The highest BCUT2D eigenvalue weighted by Gasteiger charge is 2.16. The van der Waals surface area contributed by atoms with Crippen LogP contribution >= 0.6 is 0 Å². The number of aromatic nitrogens is 2. The molecule has 1 aliphatic rings. The molecule has 0 aromatic carbocycles. The Hall–Kier alpha value is -1.43. The van der Waals surface area contributed by atoms with Crippen molar-refractivity contribution in [3.05, 3.63) is 11.7 Å². The van der Waals surface area contributed by atoms with E-state index in [2.05, 4.69) is 15.5 Å². The zero-order valence-electron chi connectivity index (χ0n) is 10.6. The molecule has 0 unspecified atom stereocenters. The summed E-state index contributed by atoms with van der Waals surface area (Å²) in [5, 5.41) is 6.59. The minimum Gasteiger partial charge on any atom is -0.376 e. The summed E-state index contributed by atoms with van der Waals surface area (Å²) in [6.45, 7) is 3.22. The molecular weight excluding hydrogens is 234 g/mol. The van der Waals surface area contributed by atoms with E-state index in [1.54, 1.807) is 6.92 Å². The molecule has 1 aliphatic heterocycles. The summed E-state index contributed by atoms with van der Waals surface area (Å²) in [6.07, 6.45) is 4.19. The first-order valence-electron chi connectivity index (χ1n) is 6.41. The minimum absolute atomic E-state index is 0.0572. The molecular formula is C12H19N3O3. The van der Waals surface area contributed by atoms with Gasteiger partial charge in [0.15, 0.2) is 5.82 Å². The van der Waals surface area contributed by atoms with Gasteiger partial charge in [-0.15, -0.1) is 0 Å². The largest absolute Gasteiger partial charge is 0.376 e. The van der Waals surface area contributed by atoms with Crippen molar-refractivity contribution in [2.24, 2.45) is 0 Å². The average molecular weight is 253 g/mol. The van der Waals surface area contributed by atoms with Gasteiger partial charge >= 0.3 is 0 Å². The highest BCUT2D eigenvalue weighted by Crippen LogP contribution is 2.10. The molecule has 0 aliphatic carbocycles. The molecule has 0 saturated carbocycles. The summed E-state index contributed by atoms with van der Waals surface area (Å²) in [6, 6.07) is 0. The van der Waals surface area contributed by atoms with Gasteiger partial charge < -0.3 is 14.6 Å². The number of rotatable bonds is 6. The van der Waals surface area contributed by atoms with Crippen molar-refractivity contribution in [3.63, 3.8) is 0 Å². The molecule has 1 aromatic heterocycles. The van der Waals surface area contributed by atoms with Crippen molar-refractivity contribution in [1.82, 2.24) is 15.5 Å². The first-order chi connectivity index (χ1) is 8.74. The van der Waals surface area contributed by atoms with Gasteiger partial charge in [-0.25, -0.2) is 0 Å². The van der Waals surface area contributed by atoms with Gasteiger partial charge in [-0.2, -0.15) is 4.98 Å². The normalized spacial score (nSPS) is 19.1. The number of carbonyl (C=O) groups is 1. The van der Waals surface area contributed by atoms with Gasteiger partial charge in [0.25, 0.3) is 0 Å². The third kappa shape index (κ3) is 4.10. The van der Waals surface area contributed by atoms with Crippen LogP contribution in [0.1, 0.15) is 37.4 Å². The van der Waals surface area contributed by atoms with Gasteiger partial charge in [0.05, 0.1) is 6.10 Å². The van der Waals surface area contributed by atoms with E-state index in [-0.39, 0.29) is 12.0 Å². The van der Waals surface area contributed by atoms with E-state index in [0.717, 1.165) is 25.9 Å². The Morgan fingerprint density at radius 2 is 2.44 bits per heavy atom. The maximum Gasteiger partial charge on any atom is 0.226 e. The van der Waals surface area contributed by atoms with E-state index in [4.69, 9.17) is 9.26 Å². The Labute approximate surface area is 106 Å². The summed E-state index contributed by atoms with van der Waals surface area (Å²) >= 11 is 0. The van der Waals surface area contributed by atoms with Gasteiger partial charge in [0.2, 0.25) is 11.8 Å². The van der Waals surface area contributed by atoms with Crippen LogP contribution in [0.2, 0.25) is 0 Å². The molecule has 0 bridgehead atoms. The molecule has 2 heterocycles. The van der Waals surface area contributed by atoms with E-state index in [0.29, 0.717) is 31.1 Å². The van der Waals surface area contributed by atoms with Crippen LogP contribution in [-0.4, -0.2) is 35.3 Å². The predicted octanol–water partition coefficient (Wildman–Crippen LogP) is 0.996. The molecule has 0 spiro atoms. The Morgan fingerprint density at radius 1 is 1.56 bits per heavy atom. The maximum atomic E-state index is 11.6. The summed E-state index contributed by atoms with van der Waals surface area (Å²) in [5.74, 6) is 1.29. The SMILES string of the molecule is Cc1noc(CCCC(=O)NC[C@@H]2CCCO2)n1. The van der Waals surface area contributed by atoms with Crippen molar-refractivity contribution in [1.29, 1.82) is 0 Å². The zero-order valence-corrected chi connectivity index (χ0v) is 10.6. The second kappa shape index (κ2) is 6.49. The number of carbonyl (C=O) groups excluding carboxylic acids is 1. The molecule has 6 heteroatoms. The standard InChI is InChI=1S/C12H19N3O3/c1-9-14-12(18-15-9)6-2-5-11(16)13-8-10-4-3-7-17-10/h10H,2-8H2,1H3,(H,13,16)/t10-/m0/s1. The van der Waals surface area contributed by atoms with Crippen molar-refractivity contribution >= 4 is 5.91 Å². The summed E-state index contributed by atoms with van der Waals surface area (Å²) in [4.78, 5) is 15.6. The number of nitrogens with one attached hydrogen (secondary N) is 1. The highest BCUT2D eigenvalue weighted by molar-refractivity contribution is 5.75. The van der Waals surface area contributed by atoms with Crippen LogP contribution in [0.25, 0.3) is 0 Å². The summed E-state index contributed by atoms with van der Waals surface area (Å²) in [7, 11) is 0. The lowest BCUT2D eigenvalue weighted by molar-refractivity contribution is -0.121. The lowest BCUT2D eigenvalue weighted by atomic mass is 10.2. The third-order valence-corrected chi connectivity index (χ3v) is 2.92. The number of hydrogen-bond donors (Lipinski definition) is 1. The van der Waals surface area contributed by atoms with Gasteiger partial charge in [-0.05, 0) is 26.2 Å². The van der Waals surface area contributed by atoms with Gasteiger partial charge in [0.1, 0.15) is 0 Å². The lowest BCUT2D eigenvalue weighted by Gasteiger charge is -2.10. The predicted molar refractivity (Wildman–Crippen MR) is 64.0 cm³/mol. The molecule has 1 saturated heterocycles. The fourth-order valence-electron chi connectivity index (χ4n) is 1.96. The Balaban J connectivity index is 1.57. The molecule has 6 nitrogen and oxygen atoms in total. The minimum atomic E-state index is 0.0572. The van der Waals surface area contributed by atoms with Crippen molar-refractivity contribution < 1.29 is 14.1 Å². The monoisotopic (exact) mass is 253 g/mol. The highest BCUT2D eigenvalue weighted by atomic mass is 16.5. The fraction of sp³-hybridized carbons (Fsp3) is 0.750. The first-order valence-corrected chi connectivity index (χ1v) is 6.41. The molecule has 1 atom stereocenters. The molecule has 18 heavy (non-hydrogen) atoms. The number of amides is 1. The molecule has 2 rings (SSSR count). The number of nitrogens with zero attached hydrogens (tertiary/aromatic N) is 2. The van der Waals surface area contributed by atoms with Crippen LogP contribution in [-0.2, 0) is 16.0 Å². The quantitative estimate of drug-likeness (QED) is 0.818. The van der Waals surface area contributed by atoms with Gasteiger partial charge in [0, 0.05) is 26.0 Å². The summed E-state index contributed by atoms with van der Waals surface area (Å²) < 4.78 is 10.4. The third-order valence-electron chi connectivity index (χ3n) is 2.92. The molecule has 0 radical (unpaired) electrons. The molecule has 1 aromatic rings. The smallest absolute Gasteiger partial charge is 0.226 e. The molecule has 1 N–H and O–H groups in total. The second-order valence-corrected chi connectivity index (χ2v) is 4.53. The molecule has 100 valence electrons. The van der Waals surface area contributed by atoms with E-state index in [1.165, 1.54) is 0 Å². The number of ether oxygens (including phenoxy) is 1. The maximum absolute atomic E-state index is 11.6. The van der Waals surface area contributed by atoms with E-state index >= 15 is 0 Å². The summed E-state index contributed by atoms with van der Waals surface area (Å²) in [5.41, 5.74) is 0. The van der Waals surface area contributed by atoms with E-state index < -0.39 is 0 Å². The molecule has 1 amide bonds. The van der Waals surface area contributed by atoms with Crippen LogP contribution in [0, 0.1) is 6.92 Å². The van der Waals surface area contributed by atoms with Crippen LogP contribution in [0.5, 0.6) is 0 Å². The van der Waals surface area contributed by atoms with Gasteiger partial charge in [-0.1, -0.05) is 5.16 Å². The number of hydrogen-bond acceptors (Lipinski definition) is 5. The number of aryl methyl sites for hydroxylation is 2. The van der Waals surface area contributed by atoms with Crippen LogP contribution in [0.4, 0.5) is 0 Å². The lowest BCUT2D eigenvalue weighted by Crippen LogP contribution is -2.31. The van der Waals surface area contributed by atoms with Crippen molar-refractivity contribution in [2.45, 2.75) is 45.1 Å². The Morgan fingerprint density at radius 3 is 3.11 bits per heavy atom. The van der Waals surface area contributed by atoms with E-state index in [1.807, 2.05) is 0 Å². The van der Waals surface area contributed by atoms with Crippen LogP contribution in [0.3, 0.4) is 0 Å². The van der Waals surface area contributed by atoms with Crippen molar-refractivity contribution in [2.75, 3.05) is 13.2 Å². The molecule has 1 fully saturated rings. The van der Waals surface area contributed by atoms with Crippen LogP contribution < -0.4 is 5.32 Å². The average Bonchev–Trinajstić information content (AvgIpc) is 2.98. The van der Waals surface area contributed by atoms with E-state index in [9.17, 15) is 4.79 Å². The van der Waals surface area contributed by atoms with Crippen LogP contribution in [0.15, 0.2) is 4.52 Å².